The van der Waals surface area contributed by atoms with Gasteiger partial charge in [0.05, 0.1) is 0 Å². The van der Waals surface area contributed by atoms with Crippen molar-refractivity contribution in [2.24, 2.45) is 0 Å². The van der Waals surface area contributed by atoms with Gasteiger partial charge in [0, 0.05) is 11.5 Å². The monoisotopic (exact) mass is 161 g/mol. The molecule has 0 aliphatic rings. The first-order valence-corrected chi connectivity index (χ1v) is 3.53. The van der Waals surface area contributed by atoms with Crippen LogP contribution in [0.3, 0.4) is 0 Å². The average molecular weight is 161 g/mol. The molecule has 0 saturated heterocycles. The Morgan fingerprint density at radius 1 is 1.17 bits per heavy atom. The smallest absolute Gasteiger partial charge is 0.211 e. The summed E-state index contributed by atoms with van der Waals surface area (Å²) in [6, 6.07) is 8.05. The fourth-order valence-corrected chi connectivity index (χ4v) is 1.08. The summed E-state index contributed by atoms with van der Waals surface area (Å²) in [5, 5.41) is 17.1. The molecular weight excluding hydrogens is 154 g/mol. The summed E-state index contributed by atoms with van der Waals surface area (Å²) in [5.74, 6) is 0.204. The zero-order valence-electron chi connectivity index (χ0n) is 6.24. The molecule has 0 amide bonds. The van der Waals surface area contributed by atoms with Crippen molar-refractivity contribution in [3.8, 4) is 5.75 Å². The van der Waals surface area contributed by atoms with E-state index in [0.29, 0.717) is 5.58 Å². The molecule has 2 rings (SSSR count). The predicted molar refractivity (Wildman–Crippen MR) is 43.7 cm³/mol. The van der Waals surface area contributed by atoms with E-state index in [2.05, 4.69) is 0 Å². The Morgan fingerprint density at radius 3 is 2.83 bits per heavy atom. The first kappa shape index (κ1) is 6.91. The fourth-order valence-electron chi connectivity index (χ4n) is 1.08. The lowest BCUT2D eigenvalue weighted by atomic mass is 10.2. The van der Waals surface area contributed by atoms with Crippen LogP contribution >= 0.6 is 0 Å². The number of nitrogens with one attached hydrogen (secondary N) is 1. The number of fused-ring (bicyclic) bond motifs is 1. The van der Waals surface area contributed by atoms with Gasteiger partial charge in [-0.2, -0.15) is 0 Å². The highest BCUT2D eigenvalue weighted by Gasteiger charge is 1.95. The molecule has 1 heterocycles. The second kappa shape index (κ2) is 2.37. The minimum atomic E-state index is 0.119. The number of hydrogen-bond acceptors (Lipinski definition) is 3. The Balaban J connectivity index is 2.87. The van der Waals surface area contributed by atoms with E-state index in [1.807, 2.05) is 0 Å². The molecule has 2 N–H and O–H groups in total. The van der Waals surface area contributed by atoms with Crippen molar-refractivity contribution in [2.75, 3.05) is 0 Å². The van der Waals surface area contributed by atoms with Crippen molar-refractivity contribution in [1.29, 1.82) is 5.41 Å². The Hall–Kier alpha value is -1.77. The SMILES string of the molecule is N=c1ccc2cc(O)ccc2o1. The van der Waals surface area contributed by atoms with Crippen molar-refractivity contribution < 1.29 is 9.52 Å². The van der Waals surface area contributed by atoms with Crippen LogP contribution in [0.5, 0.6) is 5.75 Å². The molecule has 60 valence electrons. The van der Waals surface area contributed by atoms with E-state index in [0.717, 1.165) is 5.39 Å². The molecule has 0 aliphatic heterocycles. The third-order valence-electron chi connectivity index (χ3n) is 1.63. The molecule has 0 fully saturated rings. The van der Waals surface area contributed by atoms with Crippen LogP contribution in [0, 0.1) is 5.41 Å². The van der Waals surface area contributed by atoms with E-state index in [-0.39, 0.29) is 11.3 Å². The van der Waals surface area contributed by atoms with Gasteiger partial charge in [0.25, 0.3) is 0 Å². The summed E-state index contributed by atoms with van der Waals surface area (Å²) in [4.78, 5) is 0. The molecule has 3 heteroatoms. The van der Waals surface area contributed by atoms with Gasteiger partial charge < -0.3 is 9.52 Å². The quantitative estimate of drug-likeness (QED) is 0.616. The lowest BCUT2D eigenvalue weighted by Crippen LogP contribution is -1.94. The predicted octanol–water partition coefficient (Wildman–Crippen LogP) is 1.62. The number of aromatic hydroxyl groups is 1. The van der Waals surface area contributed by atoms with E-state index in [1.54, 1.807) is 24.3 Å². The summed E-state index contributed by atoms with van der Waals surface area (Å²) in [5.41, 5.74) is 0.730. The first-order valence-electron chi connectivity index (χ1n) is 3.53. The van der Waals surface area contributed by atoms with E-state index < -0.39 is 0 Å². The normalized spacial score (nSPS) is 10.3. The maximum Gasteiger partial charge on any atom is 0.211 e. The van der Waals surface area contributed by atoms with Crippen LogP contribution in [0.1, 0.15) is 0 Å². The first-order chi connectivity index (χ1) is 5.75. The third-order valence-corrected chi connectivity index (χ3v) is 1.63. The summed E-state index contributed by atoms with van der Waals surface area (Å²) in [7, 11) is 0. The van der Waals surface area contributed by atoms with Crippen molar-refractivity contribution in [3.63, 3.8) is 0 Å². The van der Waals surface area contributed by atoms with E-state index >= 15 is 0 Å². The zero-order chi connectivity index (χ0) is 8.55. The number of phenolic OH excluding ortho intramolecular Hbond substituents is 1. The van der Waals surface area contributed by atoms with E-state index in [4.69, 9.17) is 14.9 Å². The molecule has 3 nitrogen and oxygen atoms in total. The number of rotatable bonds is 0. The highest BCUT2D eigenvalue weighted by molar-refractivity contribution is 5.77. The molecule has 1 aromatic carbocycles. The molecule has 0 atom stereocenters. The van der Waals surface area contributed by atoms with Gasteiger partial charge in [-0.15, -0.1) is 0 Å². The van der Waals surface area contributed by atoms with Gasteiger partial charge in [0.2, 0.25) is 5.55 Å². The van der Waals surface area contributed by atoms with Crippen LogP contribution in [0.15, 0.2) is 34.7 Å². The van der Waals surface area contributed by atoms with E-state index in [9.17, 15) is 0 Å². The summed E-state index contributed by atoms with van der Waals surface area (Å²) < 4.78 is 5.07. The largest absolute Gasteiger partial charge is 0.508 e. The Morgan fingerprint density at radius 2 is 2.00 bits per heavy atom. The topological polar surface area (TPSA) is 57.2 Å². The van der Waals surface area contributed by atoms with Gasteiger partial charge in [-0.3, -0.25) is 5.41 Å². The molecule has 0 unspecified atom stereocenters. The molecule has 2 aromatic rings. The Bertz CT molecular complexity index is 473. The molecule has 0 bridgehead atoms. The van der Waals surface area contributed by atoms with Gasteiger partial charge >= 0.3 is 0 Å². The van der Waals surface area contributed by atoms with Crippen molar-refractivity contribution in [3.05, 3.63) is 35.9 Å². The highest BCUT2D eigenvalue weighted by Crippen LogP contribution is 2.17. The number of hydrogen-bond donors (Lipinski definition) is 2. The molecule has 0 aliphatic carbocycles. The second-order valence-corrected chi connectivity index (χ2v) is 2.52. The fraction of sp³-hybridized carbons (Fsp3) is 0. The van der Waals surface area contributed by atoms with Crippen LogP contribution in [-0.2, 0) is 0 Å². The maximum atomic E-state index is 9.11. The van der Waals surface area contributed by atoms with Gasteiger partial charge in [0.1, 0.15) is 11.3 Å². The Labute approximate surface area is 68.4 Å². The minimum absolute atomic E-state index is 0.119. The number of phenols is 1. The summed E-state index contributed by atoms with van der Waals surface area (Å²) in [6.07, 6.45) is 0. The molecular formula is C9H7NO2. The van der Waals surface area contributed by atoms with E-state index in [1.165, 1.54) is 6.07 Å². The minimum Gasteiger partial charge on any atom is -0.508 e. The van der Waals surface area contributed by atoms with Gasteiger partial charge in [-0.25, -0.2) is 0 Å². The van der Waals surface area contributed by atoms with Crippen LogP contribution in [-0.4, -0.2) is 5.11 Å². The average Bonchev–Trinajstić information content (AvgIpc) is 2.05. The van der Waals surface area contributed by atoms with Gasteiger partial charge in [-0.1, -0.05) is 0 Å². The van der Waals surface area contributed by atoms with Crippen molar-refractivity contribution >= 4 is 11.0 Å². The van der Waals surface area contributed by atoms with Crippen LogP contribution < -0.4 is 5.55 Å². The van der Waals surface area contributed by atoms with Gasteiger partial charge in [-0.05, 0) is 24.3 Å². The lowest BCUT2D eigenvalue weighted by Gasteiger charge is -1.95. The summed E-state index contributed by atoms with van der Waals surface area (Å²) in [6.45, 7) is 0. The number of benzene rings is 1. The molecule has 1 aromatic heterocycles. The van der Waals surface area contributed by atoms with Crippen molar-refractivity contribution in [2.45, 2.75) is 0 Å². The van der Waals surface area contributed by atoms with Crippen molar-refractivity contribution in [1.82, 2.24) is 0 Å². The summed E-state index contributed by atoms with van der Waals surface area (Å²) >= 11 is 0. The van der Waals surface area contributed by atoms with Crippen LogP contribution in [0.25, 0.3) is 11.0 Å². The molecule has 0 radical (unpaired) electrons. The standard InChI is InChI=1S/C9H7NO2/c10-9-4-1-6-5-7(11)2-3-8(6)12-9/h1-5,10-11H. The Kier molecular flexibility index (Phi) is 1.37. The van der Waals surface area contributed by atoms with Crippen LogP contribution in [0.2, 0.25) is 0 Å². The van der Waals surface area contributed by atoms with Gasteiger partial charge in [0.15, 0.2) is 0 Å². The second-order valence-electron chi connectivity index (χ2n) is 2.52. The third kappa shape index (κ3) is 1.05. The molecule has 0 spiro atoms. The zero-order valence-corrected chi connectivity index (χ0v) is 6.24. The van der Waals surface area contributed by atoms with Crippen LogP contribution in [0.4, 0.5) is 0 Å². The lowest BCUT2D eigenvalue weighted by molar-refractivity contribution is 0.474. The maximum absolute atomic E-state index is 9.11. The highest BCUT2D eigenvalue weighted by atomic mass is 16.3. The molecule has 0 saturated carbocycles. The molecule has 12 heavy (non-hydrogen) atoms.